The van der Waals surface area contributed by atoms with Crippen LogP contribution in [0, 0.1) is 0 Å². The number of ether oxygens (including phenoxy) is 2. The number of nitrogens with one attached hydrogen (secondary N) is 2. The molecule has 6 nitrogen and oxygen atoms in total. The van der Waals surface area contributed by atoms with E-state index in [0.717, 1.165) is 42.7 Å². The number of nitrogens with zero attached hydrogens (tertiary/aromatic N) is 2. The molecule has 0 bridgehead atoms. The van der Waals surface area contributed by atoms with Gasteiger partial charge in [0.2, 0.25) is 0 Å². The van der Waals surface area contributed by atoms with Crippen molar-refractivity contribution in [2.24, 2.45) is 4.99 Å². The minimum atomic E-state index is 0. The first-order valence-corrected chi connectivity index (χ1v) is 9.04. The van der Waals surface area contributed by atoms with Crippen LogP contribution >= 0.6 is 24.0 Å². The quantitative estimate of drug-likeness (QED) is 0.316. The number of rotatable bonds is 9. The number of halogens is 1. The lowest BCUT2D eigenvalue weighted by Crippen LogP contribution is -2.40. The molecule has 0 radical (unpaired) electrons. The van der Waals surface area contributed by atoms with Gasteiger partial charge in [-0.15, -0.1) is 24.0 Å². The van der Waals surface area contributed by atoms with E-state index < -0.39 is 0 Å². The van der Waals surface area contributed by atoms with E-state index >= 15 is 0 Å². The summed E-state index contributed by atoms with van der Waals surface area (Å²) < 4.78 is 10.7. The highest BCUT2D eigenvalue weighted by molar-refractivity contribution is 14.0. The number of likely N-dealkylation sites (N-methyl/N-ethyl adjacent to an activating group) is 1. The molecule has 0 aliphatic carbocycles. The first-order chi connectivity index (χ1) is 13.2. The molecule has 0 unspecified atom stereocenters. The second-order valence-electron chi connectivity index (χ2n) is 6.25. The zero-order chi connectivity index (χ0) is 19.5. The molecule has 0 fully saturated rings. The van der Waals surface area contributed by atoms with Gasteiger partial charge in [-0.1, -0.05) is 30.3 Å². The van der Waals surface area contributed by atoms with Crippen LogP contribution in [-0.4, -0.2) is 52.3 Å². The van der Waals surface area contributed by atoms with E-state index in [1.54, 1.807) is 21.3 Å². The average Bonchev–Trinajstić information content (AvgIpc) is 2.71. The van der Waals surface area contributed by atoms with Crippen molar-refractivity contribution in [3.63, 3.8) is 0 Å². The van der Waals surface area contributed by atoms with Crippen molar-refractivity contribution in [3.8, 4) is 11.5 Å². The summed E-state index contributed by atoms with van der Waals surface area (Å²) in [5.41, 5.74) is 2.36. The number of guanidine groups is 1. The Morgan fingerprint density at radius 2 is 1.79 bits per heavy atom. The van der Waals surface area contributed by atoms with Crippen LogP contribution in [0.4, 0.5) is 0 Å². The third-order valence-corrected chi connectivity index (χ3v) is 4.25. The number of aliphatic imine (C=N–C) groups is 1. The van der Waals surface area contributed by atoms with Crippen molar-refractivity contribution in [1.82, 2.24) is 15.5 Å². The first kappa shape index (κ1) is 24.0. The van der Waals surface area contributed by atoms with E-state index in [-0.39, 0.29) is 24.0 Å². The minimum absolute atomic E-state index is 0. The molecular weight excluding hydrogens is 467 g/mol. The van der Waals surface area contributed by atoms with Crippen molar-refractivity contribution in [1.29, 1.82) is 0 Å². The van der Waals surface area contributed by atoms with Crippen molar-refractivity contribution < 1.29 is 9.47 Å². The Morgan fingerprint density at radius 3 is 2.43 bits per heavy atom. The van der Waals surface area contributed by atoms with Crippen LogP contribution in [0.5, 0.6) is 11.5 Å². The molecule has 0 saturated heterocycles. The maximum atomic E-state index is 5.44. The molecule has 7 heteroatoms. The summed E-state index contributed by atoms with van der Waals surface area (Å²) in [5.74, 6) is 2.33. The third-order valence-electron chi connectivity index (χ3n) is 4.25. The Bertz CT molecular complexity index is 726. The summed E-state index contributed by atoms with van der Waals surface area (Å²) in [6.45, 7) is 3.27. The molecule has 0 atom stereocenters. The van der Waals surface area contributed by atoms with E-state index in [2.05, 4.69) is 51.8 Å². The smallest absolute Gasteiger partial charge is 0.191 e. The van der Waals surface area contributed by atoms with E-state index in [1.807, 2.05) is 24.3 Å². The SMILES string of the molecule is CN=C(NCCN(C)Cc1ccccc1)NCc1ccc(OC)cc1OC.I. The number of methoxy groups -OCH3 is 2. The molecule has 0 spiro atoms. The molecule has 2 aromatic rings. The topological polar surface area (TPSA) is 58.1 Å². The van der Waals surface area contributed by atoms with Crippen LogP contribution in [-0.2, 0) is 13.1 Å². The molecule has 0 heterocycles. The van der Waals surface area contributed by atoms with Crippen molar-refractivity contribution in [3.05, 3.63) is 59.7 Å². The Morgan fingerprint density at radius 1 is 1.04 bits per heavy atom. The van der Waals surface area contributed by atoms with Gasteiger partial charge in [-0.3, -0.25) is 4.99 Å². The molecule has 0 saturated carbocycles. The maximum Gasteiger partial charge on any atom is 0.191 e. The van der Waals surface area contributed by atoms with Gasteiger partial charge in [0.15, 0.2) is 5.96 Å². The molecule has 2 rings (SSSR count). The zero-order valence-electron chi connectivity index (χ0n) is 17.1. The van der Waals surface area contributed by atoms with Gasteiger partial charge in [-0.2, -0.15) is 0 Å². The first-order valence-electron chi connectivity index (χ1n) is 9.04. The third kappa shape index (κ3) is 7.93. The highest BCUT2D eigenvalue weighted by Gasteiger charge is 2.06. The van der Waals surface area contributed by atoms with Crippen LogP contribution < -0.4 is 20.1 Å². The normalized spacial score (nSPS) is 11.0. The molecule has 0 aliphatic heterocycles. The van der Waals surface area contributed by atoms with E-state index in [4.69, 9.17) is 9.47 Å². The summed E-state index contributed by atoms with van der Waals surface area (Å²) >= 11 is 0. The number of hydrogen-bond donors (Lipinski definition) is 2. The van der Waals surface area contributed by atoms with Crippen molar-refractivity contribution in [2.75, 3.05) is 41.4 Å². The van der Waals surface area contributed by atoms with E-state index in [1.165, 1.54) is 5.56 Å². The molecule has 154 valence electrons. The second kappa shape index (κ2) is 13.2. The summed E-state index contributed by atoms with van der Waals surface area (Å²) in [6, 6.07) is 16.3. The molecule has 0 aliphatic rings. The molecule has 2 aromatic carbocycles. The molecule has 0 aromatic heterocycles. The number of hydrogen-bond acceptors (Lipinski definition) is 4. The highest BCUT2D eigenvalue weighted by atomic mass is 127. The van der Waals surface area contributed by atoms with Gasteiger partial charge in [0.1, 0.15) is 11.5 Å². The Balaban J connectivity index is 0.00000392. The Labute approximate surface area is 185 Å². The molecule has 2 N–H and O–H groups in total. The summed E-state index contributed by atoms with van der Waals surface area (Å²) in [4.78, 5) is 6.56. The predicted octanol–water partition coefficient (Wildman–Crippen LogP) is 3.12. The van der Waals surface area contributed by atoms with Gasteiger partial charge in [0.05, 0.1) is 14.2 Å². The number of benzene rings is 2. The Kier molecular flexibility index (Phi) is 11.4. The van der Waals surface area contributed by atoms with Gasteiger partial charge in [0, 0.05) is 44.9 Å². The lowest BCUT2D eigenvalue weighted by Gasteiger charge is -2.19. The molecule has 0 amide bonds. The monoisotopic (exact) mass is 498 g/mol. The van der Waals surface area contributed by atoms with Gasteiger partial charge in [-0.25, -0.2) is 0 Å². The predicted molar refractivity (Wildman–Crippen MR) is 126 cm³/mol. The summed E-state index contributed by atoms with van der Waals surface area (Å²) in [6.07, 6.45) is 0. The van der Waals surface area contributed by atoms with Crippen LogP contribution in [0.25, 0.3) is 0 Å². The fourth-order valence-electron chi connectivity index (χ4n) is 2.74. The van der Waals surface area contributed by atoms with Crippen LogP contribution in [0.15, 0.2) is 53.5 Å². The Hall–Kier alpha value is -2.00. The van der Waals surface area contributed by atoms with Gasteiger partial charge < -0.3 is 25.0 Å². The fraction of sp³-hybridized carbons (Fsp3) is 0.381. The van der Waals surface area contributed by atoms with Crippen LogP contribution in [0.2, 0.25) is 0 Å². The second-order valence-corrected chi connectivity index (χ2v) is 6.25. The minimum Gasteiger partial charge on any atom is -0.497 e. The van der Waals surface area contributed by atoms with Crippen LogP contribution in [0.1, 0.15) is 11.1 Å². The van der Waals surface area contributed by atoms with Gasteiger partial charge in [-0.05, 0) is 24.7 Å². The fourth-order valence-corrected chi connectivity index (χ4v) is 2.74. The van der Waals surface area contributed by atoms with Gasteiger partial charge >= 0.3 is 0 Å². The zero-order valence-corrected chi connectivity index (χ0v) is 19.4. The van der Waals surface area contributed by atoms with E-state index in [0.29, 0.717) is 6.54 Å². The largest absolute Gasteiger partial charge is 0.497 e. The van der Waals surface area contributed by atoms with Crippen molar-refractivity contribution >= 4 is 29.9 Å². The lowest BCUT2D eigenvalue weighted by molar-refractivity contribution is 0.331. The average molecular weight is 498 g/mol. The molecular formula is C21H31IN4O2. The maximum absolute atomic E-state index is 5.44. The van der Waals surface area contributed by atoms with Crippen LogP contribution in [0.3, 0.4) is 0 Å². The summed E-state index contributed by atoms with van der Waals surface area (Å²) in [5, 5.41) is 6.67. The van der Waals surface area contributed by atoms with Gasteiger partial charge in [0.25, 0.3) is 0 Å². The highest BCUT2D eigenvalue weighted by Crippen LogP contribution is 2.24. The summed E-state index contributed by atoms with van der Waals surface area (Å²) in [7, 11) is 7.20. The van der Waals surface area contributed by atoms with E-state index in [9.17, 15) is 0 Å². The lowest BCUT2D eigenvalue weighted by atomic mass is 10.2. The van der Waals surface area contributed by atoms with Crippen molar-refractivity contribution in [2.45, 2.75) is 13.1 Å². The molecule has 28 heavy (non-hydrogen) atoms. The standard InChI is InChI=1S/C21H30N4O2.HI/c1-22-21(23-12-13-25(2)16-17-8-6-5-7-9-17)24-15-18-10-11-19(26-3)14-20(18)27-4;/h5-11,14H,12-13,15-16H2,1-4H3,(H2,22,23,24);1H.